The highest BCUT2D eigenvalue weighted by Crippen LogP contribution is 2.41. The molecule has 0 N–H and O–H groups in total. The van der Waals surface area contributed by atoms with E-state index in [4.69, 9.17) is 9.47 Å². The molecule has 1 aliphatic heterocycles. The smallest absolute Gasteiger partial charge is 0.289 e. The van der Waals surface area contributed by atoms with Crippen LogP contribution in [0.4, 0.5) is 0 Å². The molecular weight excluding hydrogens is 204 g/mol. The van der Waals surface area contributed by atoms with Crippen LogP contribution in [0.25, 0.3) is 0 Å². The van der Waals surface area contributed by atoms with Crippen molar-refractivity contribution in [3.63, 3.8) is 0 Å². The van der Waals surface area contributed by atoms with Crippen LogP contribution < -0.4 is 0 Å². The maximum atomic E-state index is 6.05. The molecule has 94 valence electrons. The minimum absolute atomic E-state index is 0.436. The summed E-state index contributed by atoms with van der Waals surface area (Å²) in [7, 11) is 1.64. The summed E-state index contributed by atoms with van der Waals surface area (Å²) in [6.07, 6.45) is 5.66. The van der Waals surface area contributed by atoms with Gasteiger partial charge in [0.15, 0.2) is 5.72 Å². The van der Waals surface area contributed by atoms with E-state index in [2.05, 4.69) is 31.0 Å². The number of ether oxygens (including phenoxy) is 2. The minimum atomic E-state index is -0.820. The van der Waals surface area contributed by atoms with E-state index in [1.165, 1.54) is 0 Å². The van der Waals surface area contributed by atoms with Crippen LogP contribution in [0.5, 0.6) is 0 Å². The van der Waals surface area contributed by atoms with E-state index >= 15 is 0 Å². The lowest BCUT2D eigenvalue weighted by molar-refractivity contribution is -0.253. The SMILES string of the molecule is CCCC1(CCC)N=NC(CCC)(OC)O1. The fourth-order valence-electron chi connectivity index (χ4n) is 2.21. The van der Waals surface area contributed by atoms with Gasteiger partial charge in [0.25, 0.3) is 5.91 Å². The highest BCUT2D eigenvalue weighted by molar-refractivity contribution is 4.85. The Morgan fingerprint density at radius 1 is 0.938 bits per heavy atom. The van der Waals surface area contributed by atoms with Crippen LogP contribution in [0.2, 0.25) is 0 Å². The van der Waals surface area contributed by atoms with Crippen LogP contribution in [0, 0.1) is 0 Å². The van der Waals surface area contributed by atoms with Crippen molar-refractivity contribution in [3.05, 3.63) is 0 Å². The Morgan fingerprint density at radius 2 is 1.50 bits per heavy atom. The van der Waals surface area contributed by atoms with Crippen LogP contribution >= 0.6 is 0 Å². The van der Waals surface area contributed by atoms with Crippen molar-refractivity contribution < 1.29 is 9.47 Å². The Morgan fingerprint density at radius 3 is 1.94 bits per heavy atom. The minimum Gasteiger partial charge on any atom is -0.334 e. The van der Waals surface area contributed by atoms with Crippen molar-refractivity contribution >= 4 is 0 Å². The average molecular weight is 228 g/mol. The van der Waals surface area contributed by atoms with Gasteiger partial charge in [0.1, 0.15) is 0 Å². The highest BCUT2D eigenvalue weighted by atomic mass is 16.7. The van der Waals surface area contributed by atoms with Crippen molar-refractivity contribution in [1.29, 1.82) is 0 Å². The number of rotatable bonds is 7. The fourth-order valence-corrected chi connectivity index (χ4v) is 2.21. The molecule has 0 aromatic rings. The lowest BCUT2D eigenvalue weighted by Crippen LogP contribution is -2.38. The Labute approximate surface area is 98.4 Å². The molecule has 0 bridgehead atoms. The maximum Gasteiger partial charge on any atom is 0.289 e. The summed E-state index contributed by atoms with van der Waals surface area (Å²) in [6.45, 7) is 6.38. The van der Waals surface area contributed by atoms with Gasteiger partial charge in [0.2, 0.25) is 0 Å². The molecule has 1 rings (SSSR count). The third-order valence-electron chi connectivity index (χ3n) is 2.90. The van der Waals surface area contributed by atoms with Crippen LogP contribution in [0.15, 0.2) is 10.2 Å². The zero-order valence-corrected chi connectivity index (χ0v) is 11.0. The topological polar surface area (TPSA) is 43.2 Å². The molecule has 1 heterocycles. The van der Waals surface area contributed by atoms with Gasteiger partial charge < -0.3 is 4.74 Å². The Kier molecular flexibility index (Phi) is 4.87. The Hall–Kier alpha value is -0.480. The van der Waals surface area contributed by atoms with E-state index in [1.54, 1.807) is 7.11 Å². The first kappa shape index (κ1) is 13.6. The summed E-state index contributed by atoms with van der Waals surface area (Å²) in [4.78, 5) is 0. The van der Waals surface area contributed by atoms with Crippen molar-refractivity contribution in [3.8, 4) is 0 Å². The molecular formula is C12H24N2O2. The molecule has 16 heavy (non-hydrogen) atoms. The second kappa shape index (κ2) is 5.73. The van der Waals surface area contributed by atoms with Gasteiger partial charge in [-0.3, -0.25) is 4.74 Å². The van der Waals surface area contributed by atoms with Gasteiger partial charge in [-0.2, -0.15) is 5.11 Å². The third-order valence-corrected chi connectivity index (χ3v) is 2.90. The third kappa shape index (κ3) is 2.80. The normalized spacial score (nSPS) is 27.5. The van der Waals surface area contributed by atoms with Gasteiger partial charge in [-0.05, 0) is 19.3 Å². The summed E-state index contributed by atoms with van der Waals surface area (Å²) in [5, 5.41) is 8.61. The van der Waals surface area contributed by atoms with Gasteiger partial charge in [0.05, 0.1) is 0 Å². The maximum absolute atomic E-state index is 6.05. The highest BCUT2D eigenvalue weighted by Gasteiger charge is 2.47. The zero-order valence-electron chi connectivity index (χ0n) is 11.0. The lowest BCUT2D eigenvalue weighted by Gasteiger charge is -2.30. The van der Waals surface area contributed by atoms with E-state index in [1.807, 2.05) is 0 Å². The molecule has 1 atom stereocenters. The fraction of sp³-hybridized carbons (Fsp3) is 1.00. The van der Waals surface area contributed by atoms with Gasteiger partial charge in [-0.1, -0.05) is 33.6 Å². The molecule has 0 aromatic heterocycles. The average Bonchev–Trinajstić information content (AvgIpc) is 2.60. The second-order valence-corrected chi connectivity index (χ2v) is 4.42. The molecule has 0 radical (unpaired) electrons. The van der Waals surface area contributed by atoms with Crippen molar-refractivity contribution in [2.75, 3.05) is 7.11 Å². The van der Waals surface area contributed by atoms with Crippen molar-refractivity contribution in [1.82, 2.24) is 0 Å². The summed E-state index contributed by atoms with van der Waals surface area (Å²) >= 11 is 0. The molecule has 0 saturated heterocycles. The first-order valence-corrected chi connectivity index (χ1v) is 6.35. The van der Waals surface area contributed by atoms with Crippen LogP contribution in [0.3, 0.4) is 0 Å². The van der Waals surface area contributed by atoms with Crippen LogP contribution in [0.1, 0.15) is 59.3 Å². The predicted molar refractivity (Wildman–Crippen MR) is 63.1 cm³/mol. The van der Waals surface area contributed by atoms with Crippen molar-refractivity contribution in [2.45, 2.75) is 70.9 Å². The largest absolute Gasteiger partial charge is 0.334 e. The van der Waals surface area contributed by atoms with E-state index < -0.39 is 11.6 Å². The molecule has 1 aliphatic rings. The second-order valence-electron chi connectivity index (χ2n) is 4.42. The summed E-state index contributed by atoms with van der Waals surface area (Å²) < 4.78 is 11.5. The number of methoxy groups -OCH3 is 1. The molecule has 4 heteroatoms. The number of hydrogen-bond donors (Lipinski definition) is 0. The first-order valence-electron chi connectivity index (χ1n) is 6.35. The summed E-state index contributed by atoms with van der Waals surface area (Å²) in [5.41, 5.74) is -0.436. The van der Waals surface area contributed by atoms with E-state index in [0.29, 0.717) is 0 Å². The Bertz CT molecular complexity index is 237. The Balaban J connectivity index is 2.75. The summed E-state index contributed by atoms with van der Waals surface area (Å²) in [5.74, 6) is -0.820. The van der Waals surface area contributed by atoms with Gasteiger partial charge in [-0.15, -0.1) is 5.11 Å². The van der Waals surface area contributed by atoms with Gasteiger partial charge in [-0.25, -0.2) is 0 Å². The molecule has 1 unspecified atom stereocenters. The lowest BCUT2D eigenvalue weighted by atomic mass is 10.0. The number of azo groups is 1. The van der Waals surface area contributed by atoms with Crippen molar-refractivity contribution in [2.24, 2.45) is 10.2 Å². The zero-order chi connectivity index (χ0) is 12.1. The predicted octanol–water partition coefficient (Wildman–Crippen LogP) is 3.87. The molecule has 0 saturated carbocycles. The first-order chi connectivity index (χ1) is 7.66. The molecule has 4 nitrogen and oxygen atoms in total. The van der Waals surface area contributed by atoms with Crippen LogP contribution in [-0.2, 0) is 9.47 Å². The number of nitrogens with zero attached hydrogens (tertiary/aromatic N) is 2. The molecule has 0 aliphatic carbocycles. The summed E-state index contributed by atoms with van der Waals surface area (Å²) in [6, 6.07) is 0. The van der Waals surface area contributed by atoms with Gasteiger partial charge in [0, 0.05) is 13.5 Å². The quantitative estimate of drug-likeness (QED) is 0.664. The van der Waals surface area contributed by atoms with E-state index in [0.717, 1.165) is 38.5 Å². The standard InChI is InChI=1S/C12H24N2O2/c1-5-8-11(9-6-2)13-14-12(15-4,16-11)10-7-3/h5-10H2,1-4H3. The van der Waals surface area contributed by atoms with Crippen LogP contribution in [-0.4, -0.2) is 18.7 Å². The van der Waals surface area contributed by atoms with E-state index in [-0.39, 0.29) is 0 Å². The number of hydrogen-bond acceptors (Lipinski definition) is 4. The molecule has 0 spiro atoms. The monoisotopic (exact) mass is 228 g/mol. The molecule has 0 fully saturated rings. The van der Waals surface area contributed by atoms with Gasteiger partial charge >= 0.3 is 0 Å². The van der Waals surface area contributed by atoms with E-state index in [9.17, 15) is 0 Å². The molecule has 0 amide bonds. The molecule has 0 aromatic carbocycles.